The molecule has 0 bridgehead atoms. The van der Waals surface area contributed by atoms with Crippen LogP contribution in [0, 0.1) is 0 Å². The predicted molar refractivity (Wildman–Crippen MR) is 94.3 cm³/mol. The smallest absolute Gasteiger partial charge is 0.859 e. The average Bonchev–Trinajstić information content (AvgIpc) is 2.48. The Morgan fingerprint density at radius 2 is 1.54 bits per heavy atom. The third-order valence-corrected chi connectivity index (χ3v) is 4.37. The minimum atomic E-state index is -3.95. The second-order valence-corrected chi connectivity index (χ2v) is 7.45. The van der Waals surface area contributed by atoms with E-state index in [2.05, 4.69) is 11.9 Å². The maximum absolute atomic E-state index is 11.4. The molecule has 0 heterocycles. The normalized spacial score (nSPS) is 12.5. The molecule has 0 unspecified atom stereocenters. The molecule has 7 heteroatoms. The number of rotatable bonds is 15. The summed E-state index contributed by atoms with van der Waals surface area (Å²) >= 11 is 0. The van der Waals surface area contributed by atoms with Gasteiger partial charge in [-0.15, -0.1) is 0 Å². The number of unbranched alkanes of at least 4 members (excludes halogenated alkanes) is 9. The van der Waals surface area contributed by atoms with E-state index in [1.807, 2.05) is 6.08 Å². The van der Waals surface area contributed by atoms with Gasteiger partial charge in [-0.25, -0.2) is 0 Å². The van der Waals surface area contributed by atoms with Crippen molar-refractivity contribution in [2.75, 3.05) is 12.3 Å². The quantitative estimate of drug-likeness (QED) is 0.150. The van der Waals surface area contributed by atoms with Crippen LogP contribution in [-0.2, 0) is 10.1 Å². The van der Waals surface area contributed by atoms with Crippen molar-refractivity contribution in [3.05, 3.63) is 12.2 Å². The predicted octanol–water partition coefficient (Wildman–Crippen LogP) is 0.504. The molecule has 5 nitrogen and oxygen atoms in total. The summed E-state index contributed by atoms with van der Waals surface area (Å²) in [5.74, 6) is -0.692. The maximum atomic E-state index is 11.4. The molecule has 0 atom stereocenters. The molecule has 0 aliphatic carbocycles. The number of nitrogens with zero attached hydrogens (tertiary/aromatic N) is 1. The Hall–Kier alpha value is 0.120. The summed E-state index contributed by atoms with van der Waals surface area (Å²) in [5, 5.41) is 11.4. The summed E-state index contributed by atoms with van der Waals surface area (Å²) in [5.41, 5.74) is 0. The third-order valence-electron chi connectivity index (χ3n) is 3.56. The van der Waals surface area contributed by atoms with Crippen molar-refractivity contribution in [2.45, 2.75) is 77.6 Å². The monoisotopic (exact) mass is 369 g/mol. The van der Waals surface area contributed by atoms with Crippen LogP contribution in [0.2, 0.25) is 0 Å². The van der Waals surface area contributed by atoms with Crippen LogP contribution in [0.4, 0.5) is 0 Å². The fraction of sp³-hybridized carbons (Fsp3) is 0.824. The van der Waals surface area contributed by atoms with Crippen molar-refractivity contribution >= 4 is 16.0 Å². The maximum Gasteiger partial charge on any atom is 1.00 e. The van der Waals surface area contributed by atoms with Gasteiger partial charge >= 0.3 is 29.6 Å². The Balaban J connectivity index is 0. The zero-order chi connectivity index (χ0) is 17.4. The van der Waals surface area contributed by atoms with Crippen LogP contribution in [0.3, 0.4) is 0 Å². The van der Waals surface area contributed by atoms with Gasteiger partial charge in [0.1, 0.15) is 0 Å². The van der Waals surface area contributed by atoms with E-state index in [0.29, 0.717) is 0 Å². The molecule has 0 saturated carbocycles. The fourth-order valence-corrected chi connectivity index (χ4v) is 2.74. The van der Waals surface area contributed by atoms with Crippen molar-refractivity contribution in [3.63, 3.8) is 0 Å². The van der Waals surface area contributed by atoms with Gasteiger partial charge in [0.2, 0.25) is 0 Å². The molecule has 0 fully saturated rings. The SMILES string of the molecule is CCCCCCCCCCC/C=C/C([O-])=NCCCS(=O)(=O)O.[Na+]. The minimum absolute atomic E-state index is 0. The Morgan fingerprint density at radius 1 is 1.00 bits per heavy atom. The molecule has 136 valence electrons. The van der Waals surface area contributed by atoms with Gasteiger partial charge < -0.3 is 10.1 Å². The number of hydrogen-bond donors (Lipinski definition) is 1. The molecule has 0 aromatic heterocycles. The fourth-order valence-electron chi connectivity index (χ4n) is 2.25. The first-order valence-corrected chi connectivity index (χ1v) is 10.4. The molecule has 0 spiro atoms. The summed E-state index contributed by atoms with van der Waals surface area (Å²) in [6.45, 7) is 2.35. The van der Waals surface area contributed by atoms with E-state index in [1.165, 1.54) is 57.4 Å². The van der Waals surface area contributed by atoms with Crippen LogP contribution in [-0.4, -0.2) is 31.2 Å². The Kier molecular flexibility index (Phi) is 19.7. The first-order valence-electron chi connectivity index (χ1n) is 8.79. The average molecular weight is 370 g/mol. The van der Waals surface area contributed by atoms with E-state index >= 15 is 0 Å². The second kappa shape index (κ2) is 17.9. The minimum Gasteiger partial charge on any atom is -0.859 e. The van der Waals surface area contributed by atoms with Gasteiger partial charge in [-0.3, -0.25) is 4.55 Å². The molecule has 0 saturated heterocycles. The van der Waals surface area contributed by atoms with E-state index < -0.39 is 10.1 Å². The van der Waals surface area contributed by atoms with Crippen LogP contribution in [0.1, 0.15) is 77.6 Å². The summed E-state index contributed by atoms with van der Waals surface area (Å²) < 4.78 is 29.5. The van der Waals surface area contributed by atoms with Crippen molar-refractivity contribution in [3.8, 4) is 0 Å². The van der Waals surface area contributed by atoms with Gasteiger partial charge in [0, 0.05) is 6.54 Å². The first kappa shape index (κ1) is 26.4. The van der Waals surface area contributed by atoms with Crippen molar-refractivity contribution in [1.29, 1.82) is 0 Å². The summed E-state index contributed by atoms with van der Waals surface area (Å²) in [6, 6.07) is 0. The number of aliphatic imine (C=N–C) groups is 1. The zero-order valence-electron chi connectivity index (χ0n) is 15.4. The standard InChI is InChI=1S/C17H33NO4S.Na/c1-2-3-4-5-6-7-8-9-10-11-12-14-17(19)18-15-13-16-23(20,21)22;/h12,14H,2-11,13,15-16H2,1H3,(H,18,19)(H,20,21,22);/q;+1/p-1/b14-12+;. The number of allylic oxidation sites excluding steroid dienone is 1. The number of hydrogen-bond acceptors (Lipinski definition) is 4. The molecule has 0 amide bonds. The summed E-state index contributed by atoms with van der Waals surface area (Å²) in [7, 11) is -3.95. The molecule has 24 heavy (non-hydrogen) atoms. The van der Waals surface area contributed by atoms with Crippen molar-refractivity contribution in [1.82, 2.24) is 0 Å². The molecule has 1 N–H and O–H groups in total. The Bertz CT molecular complexity index is 436. The Labute approximate surface area is 170 Å². The zero-order valence-corrected chi connectivity index (χ0v) is 18.2. The molecular weight excluding hydrogens is 337 g/mol. The Morgan fingerprint density at radius 3 is 2.08 bits per heavy atom. The molecule has 0 aromatic carbocycles. The van der Waals surface area contributed by atoms with Crippen LogP contribution in [0.5, 0.6) is 0 Å². The van der Waals surface area contributed by atoms with Crippen LogP contribution >= 0.6 is 0 Å². The summed E-state index contributed by atoms with van der Waals surface area (Å²) in [6.07, 6.45) is 15.8. The largest absolute Gasteiger partial charge is 1.00 e. The molecular formula is C17H32NNaO4S. The first-order chi connectivity index (χ1) is 11.0. The molecule has 0 aromatic rings. The van der Waals surface area contributed by atoms with E-state index in [-0.39, 0.29) is 54.2 Å². The van der Waals surface area contributed by atoms with Crippen LogP contribution < -0.4 is 34.7 Å². The van der Waals surface area contributed by atoms with Gasteiger partial charge in [-0.1, -0.05) is 70.4 Å². The van der Waals surface area contributed by atoms with Crippen LogP contribution in [0.25, 0.3) is 0 Å². The van der Waals surface area contributed by atoms with E-state index in [9.17, 15) is 13.5 Å². The van der Waals surface area contributed by atoms with Crippen LogP contribution in [0.15, 0.2) is 17.1 Å². The van der Waals surface area contributed by atoms with E-state index in [4.69, 9.17) is 4.55 Å². The van der Waals surface area contributed by atoms with Gasteiger partial charge in [0.15, 0.2) is 0 Å². The van der Waals surface area contributed by atoms with Crippen molar-refractivity contribution in [2.24, 2.45) is 4.99 Å². The second-order valence-electron chi connectivity index (χ2n) is 5.88. The van der Waals surface area contributed by atoms with E-state index in [0.717, 1.165) is 12.8 Å². The molecule has 0 aliphatic heterocycles. The third kappa shape index (κ3) is 22.1. The van der Waals surface area contributed by atoms with Gasteiger partial charge in [0.05, 0.1) is 5.75 Å². The van der Waals surface area contributed by atoms with Gasteiger partial charge in [-0.05, 0) is 25.2 Å². The molecule has 0 radical (unpaired) electrons. The van der Waals surface area contributed by atoms with Gasteiger partial charge in [-0.2, -0.15) is 8.42 Å². The topological polar surface area (TPSA) is 89.8 Å². The summed E-state index contributed by atoms with van der Waals surface area (Å²) in [4.78, 5) is 3.71. The van der Waals surface area contributed by atoms with E-state index in [1.54, 1.807) is 0 Å². The molecule has 0 rings (SSSR count). The van der Waals surface area contributed by atoms with Gasteiger partial charge in [0.25, 0.3) is 10.1 Å². The van der Waals surface area contributed by atoms with Crippen molar-refractivity contribution < 1.29 is 47.6 Å². The molecule has 0 aliphatic rings.